The number of rotatable bonds is 3. The van der Waals surface area contributed by atoms with E-state index in [2.05, 4.69) is 5.10 Å². The van der Waals surface area contributed by atoms with Crippen molar-refractivity contribution in [2.75, 3.05) is 6.26 Å². The minimum absolute atomic E-state index is 0.175. The highest BCUT2D eigenvalue weighted by Crippen LogP contribution is 2.29. The maximum Gasteiger partial charge on any atom is 0.277 e. The van der Waals surface area contributed by atoms with Crippen molar-refractivity contribution in [3.05, 3.63) is 40.2 Å². The predicted octanol–water partition coefficient (Wildman–Crippen LogP) is 1.91. The molecule has 2 rings (SSSR count). The van der Waals surface area contributed by atoms with E-state index in [4.69, 9.17) is 0 Å². The molecule has 17 heavy (non-hydrogen) atoms. The molecule has 1 heterocycles. The van der Waals surface area contributed by atoms with Crippen LogP contribution in [0.2, 0.25) is 0 Å². The number of aromatic amines is 1. The van der Waals surface area contributed by atoms with Crippen LogP contribution < -0.4 is 5.56 Å². The van der Waals surface area contributed by atoms with Gasteiger partial charge in [0.25, 0.3) is 5.56 Å². The molecule has 0 saturated carbocycles. The SMILES string of the molecule is CSc1ccccc1-c1[nH]n(C)c(=O)c1C=O. The first-order valence-electron chi connectivity index (χ1n) is 5.06. The highest BCUT2D eigenvalue weighted by atomic mass is 32.2. The quantitative estimate of drug-likeness (QED) is 0.667. The van der Waals surface area contributed by atoms with Gasteiger partial charge < -0.3 is 0 Å². The van der Waals surface area contributed by atoms with Crippen molar-refractivity contribution in [2.24, 2.45) is 7.05 Å². The topological polar surface area (TPSA) is 54.9 Å². The molecular weight excluding hydrogens is 236 g/mol. The Morgan fingerprint density at radius 2 is 2.06 bits per heavy atom. The molecule has 1 aromatic carbocycles. The lowest BCUT2D eigenvalue weighted by Gasteiger charge is -2.05. The van der Waals surface area contributed by atoms with Crippen molar-refractivity contribution in [1.29, 1.82) is 0 Å². The van der Waals surface area contributed by atoms with Crippen molar-refractivity contribution >= 4 is 18.0 Å². The number of aldehydes is 1. The Morgan fingerprint density at radius 1 is 1.35 bits per heavy atom. The second kappa shape index (κ2) is 4.63. The molecule has 0 aliphatic rings. The molecule has 0 aliphatic carbocycles. The number of hydrogen-bond donors (Lipinski definition) is 1. The van der Waals surface area contributed by atoms with E-state index in [-0.39, 0.29) is 11.1 Å². The second-order valence-corrected chi connectivity index (χ2v) is 4.43. The van der Waals surface area contributed by atoms with Gasteiger partial charge in [0.05, 0.1) is 5.69 Å². The Kier molecular flexibility index (Phi) is 3.19. The van der Waals surface area contributed by atoms with E-state index >= 15 is 0 Å². The lowest BCUT2D eigenvalue weighted by atomic mass is 10.1. The number of hydrogen-bond acceptors (Lipinski definition) is 3. The van der Waals surface area contributed by atoms with Gasteiger partial charge in [0.2, 0.25) is 0 Å². The van der Waals surface area contributed by atoms with Crippen molar-refractivity contribution in [1.82, 2.24) is 9.78 Å². The molecule has 1 N–H and O–H groups in total. The number of thioether (sulfide) groups is 1. The average molecular weight is 248 g/mol. The number of carbonyl (C=O) groups excluding carboxylic acids is 1. The average Bonchev–Trinajstić information content (AvgIpc) is 2.65. The molecule has 0 fully saturated rings. The van der Waals surface area contributed by atoms with E-state index in [1.54, 1.807) is 18.8 Å². The molecule has 0 unspecified atom stereocenters. The molecule has 1 aromatic heterocycles. The summed E-state index contributed by atoms with van der Waals surface area (Å²) in [5.41, 5.74) is 1.33. The first-order chi connectivity index (χ1) is 8.19. The zero-order valence-corrected chi connectivity index (χ0v) is 10.4. The molecular formula is C12H12N2O2S. The first-order valence-corrected chi connectivity index (χ1v) is 6.29. The third kappa shape index (κ3) is 1.93. The third-order valence-electron chi connectivity index (χ3n) is 2.58. The summed E-state index contributed by atoms with van der Waals surface area (Å²) in [4.78, 5) is 23.7. The van der Waals surface area contributed by atoms with E-state index in [1.807, 2.05) is 30.5 Å². The number of carbonyl (C=O) groups is 1. The number of nitrogens with one attached hydrogen (secondary N) is 1. The van der Waals surface area contributed by atoms with Crippen molar-refractivity contribution in [3.63, 3.8) is 0 Å². The number of aromatic nitrogens is 2. The minimum Gasteiger partial charge on any atom is -0.298 e. The van der Waals surface area contributed by atoms with E-state index in [0.29, 0.717) is 12.0 Å². The van der Waals surface area contributed by atoms with Gasteiger partial charge in [-0.15, -0.1) is 11.8 Å². The van der Waals surface area contributed by atoms with Gasteiger partial charge in [-0.1, -0.05) is 18.2 Å². The molecule has 0 spiro atoms. The minimum atomic E-state index is -0.300. The Balaban J connectivity index is 2.72. The van der Waals surface area contributed by atoms with Crippen LogP contribution in [0.4, 0.5) is 0 Å². The first kappa shape index (κ1) is 11.7. The molecule has 0 amide bonds. The molecule has 0 aliphatic heterocycles. The summed E-state index contributed by atoms with van der Waals surface area (Å²) in [7, 11) is 1.60. The van der Waals surface area contributed by atoms with E-state index in [1.165, 1.54) is 4.68 Å². The van der Waals surface area contributed by atoms with E-state index in [0.717, 1.165) is 10.5 Å². The maximum absolute atomic E-state index is 11.7. The fraction of sp³-hybridized carbons (Fsp3) is 0.167. The van der Waals surface area contributed by atoms with Crippen LogP contribution in [-0.2, 0) is 7.05 Å². The zero-order chi connectivity index (χ0) is 12.4. The largest absolute Gasteiger partial charge is 0.298 e. The van der Waals surface area contributed by atoms with Gasteiger partial charge >= 0.3 is 0 Å². The Hall–Kier alpha value is -1.75. The number of benzene rings is 1. The molecule has 88 valence electrons. The summed E-state index contributed by atoms with van der Waals surface area (Å²) < 4.78 is 1.32. The summed E-state index contributed by atoms with van der Waals surface area (Å²) in [6.07, 6.45) is 2.56. The normalized spacial score (nSPS) is 10.5. The van der Waals surface area contributed by atoms with Crippen molar-refractivity contribution < 1.29 is 4.79 Å². The number of nitrogens with zero attached hydrogens (tertiary/aromatic N) is 1. The summed E-state index contributed by atoms with van der Waals surface area (Å²) in [5, 5.41) is 2.91. The number of aryl methyl sites for hydroxylation is 1. The molecule has 0 saturated heterocycles. The summed E-state index contributed by atoms with van der Waals surface area (Å²) >= 11 is 1.58. The van der Waals surface area contributed by atoms with Gasteiger partial charge in [0, 0.05) is 17.5 Å². The summed E-state index contributed by atoms with van der Waals surface area (Å²) in [6.45, 7) is 0. The van der Waals surface area contributed by atoms with Crippen LogP contribution in [0.15, 0.2) is 34.0 Å². The molecule has 0 bridgehead atoms. The Morgan fingerprint density at radius 3 is 2.71 bits per heavy atom. The van der Waals surface area contributed by atoms with Crippen molar-refractivity contribution in [2.45, 2.75) is 4.90 Å². The molecule has 2 aromatic rings. The lowest BCUT2D eigenvalue weighted by Crippen LogP contribution is -2.14. The lowest BCUT2D eigenvalue weighted by molar-refractivity contribution is 0.112. The highest BCUT2D eigenvalue weighted by molar-refractivity contribution is 7.98. The van der Waals surface area contributed by atoms with Crippen LogP contribution in [-0.4, -0.2) is 22.3 Å². The van der Waals surface area contributed by atoms with Gasteiger partial charge in [-0.05, 0) is 12.3 Å². The Labute approximate surface area is 103 Å². The van der Waals surface area contributed by atoms with E-state index < -0.39 is 0 Å². The highest BCUT2D eigenvalue weighted by Gasteiger charge is 2.15. The van der Waals surface area contributed by atoms with Gasteiger partial charge in [-0.3, -0.25) is 19.4 Å². The monoisotopic (exact) mass is 248 g/mol. The fourth-order valence-corrected chi connectivity index (χ4v) is 2.34. The molecule has 4 nitrogen and oxygen atoms in total. The third-order valence-corrected chi connectivity index (χ3v) is 3.37. The van der Waals surface area contributed by atoms with Gasteiger partial charge in [0.1, 0.15) is 5.56 Å². The summed E-state index contributed by atoms with van der Waals surface area (Å²) in [6, 6.07) is 7.66. The molecule has 0 radical (unpaired) electrons. The van der Waals surface area contributed by atoms with Crippen LogP contribution >= 0.6 is 11.8 Å². The van der Waals surface area contributed by atoms with Crippen LogP contribution in [0.3, 0.4) is 0 Å². The molecule has 5 heteroatoms. The van der Waals surface area contributed by atoms with Crippen LogP contribution in [0.1, 0.15) is 10.4 Å². The standard InChI is InChI=1S/C12H12N2O2S/c1-14-12(16)9(7-15)11(13-14)8-5-3-4-6-10(8)17-2/h3-7,13H,1-2H3. The fourth-order valence-electron chi connectivity index (χ4n) is 1.73. The smallest absolute Gasteiger partial charge is 0.277 e. The maximum atomic E-state index is 11.7. The summed E-state index contributed by atoms with van der Waals surface area (Å²) in [5.74, 6) is 0. The van der Waals surface area contributed by atoms with Crippen LogP contribution in [0.25, 0.3) is 11.3 Å². The predicted molar refractivity (Wildman–Crippen MR) is 68.6 cm³/mol. The zero-order valence-electron chi connectivity index (χ0n) is 9.56. The van der Waals surface area contributed by atoms with Crippen LogP contribution in [0.5, 0.6) is 0 Å². The van der Waals surface area contributed by atoms with E-state index in [9.17, 15) is 9.59 Å². The van der Waals surface area contributed by atoms with Gasteiger partial charge in [-0.25, -0.2) is 0 Å². The second-order valence-electron chi connectivity index (χ2n) is 3.58. The number of H-pyrrole nitrogens is 1. The molecule has 0 atom stereocenters. The Bertz CT molecular complexity index is 613. The van der Waals surface area contributed by atoms with Gasteiger partial charge in [0.15, 0.2) is 6.29 Å². The van der Waals surface area contributed by atoms with Gasteiger partial charge in [-0.2, -0.15) is 0 Å². The van der Waals surface area contributed by atoms with Crippen LogP contribution in [0, 0.1) is 0 Å². The van der Waals surface area contributed by atoms with Crippen molar-refractivity contribution in [3.8, 4) is 11.3 Å².